The number of amides is 1. The van der Waals surface area contributed by atoms with Gasteiger partial charge in [-0.3, -0.25) is 9.78 Å². The van der Waals surface area contributed by atoms with Crippen LogP contribution in [0.15, 0.2) is 30.6 Å². The van der Waals surface area contributed by atoms with Crippen molar-refractivity contribution in [2.75, 3.05) is 31.1 Å². The van der Waals surface area contributed by atoms with Gasteiger partial charge in [0.25, 0.3) is 0 Å². The lowest BCUT2D eigenvalue weighted by Gasteiger charge is -2.34. The van der Waals surface area contributed by atoms with E-state index < -0.39 is 0 Å². The number of likely N-dealkylation sites (tertiary alicyclic amines) is 1. The standard InChI is InChI=1S/C22H23N7O/c23-11-15-10-17(13-24-12-15)20-25-18-5-6-19(26-21(18)27-20)29-9-3-4-16(14-29)22(30)28-7-1-2-8-28/h5-6,10,12-13,16H,1-4,7-9,14H2,(H,25,26,27). The molecular formula is C22H23N7O. The smallest absolute Gasteiger partial charge is 0.227 e. The molecule has 1 N–H and O–H groups in total. The highest BCUT2D eigenvalue weighted by molar-refractivity contribution is 5.81. The maximum absolute atomic E-state index is 12.8. The Morgan fingerprint density at radius 1 is 1.13 bits per heavy atom. The molecule has 0 saturated carbocycles. The number of aromatic amines is 1. The van der Waals surface area contributed by atoms with Gasteiger partial charge in [-0.2, -0.15) is 5.26 Å². The lowest BCUT2D eigenvalue weighted by Crippen LogP contribution is -2.44. The van der Waals surface area contributed by atoms with Crippen LogP contribution in [0.1, 0.15) is 31.2 Å². The Balaban J connectivity index is 1.38. The molecule has 1 amide bonds. The minimum absolute atomic E-state index is 0.0453. The number of H-pyrrole nitrogens is 1. The van der Waals surface area contributed by atoms with E-state index in [1.807, 2.05) is 17.0 Å². The van der Waals surface area contributed by atoms with E-state index in [1.165, 1.54) is 6.20 Å². The third kappa shape index (κ3) is 3.47. The molecule has 0 radical (unpaired) electrons. The van der Waals surface area contributed by atoms with E-state index in [9.17, 15) is 4.79 Å². The molecule has 2 fully saturated rings. The van der Waals surface area contributed by atoms with Crippen LogP contribution in [0.4, 0.5) is 5.82 Å². The van der Waals surface area contributed by atoms with Crippen molar-refractivity contribution in [1.82, 2.24) is 24.8 Å². The Morgan fingerprint density at radius 3 is 2.83 bits per heavy atom. The Morgan fingerprint density at radius 2 is 2.00 bits per heavy atom. The Bertz CT molecular complexity index is 1130. The molecule has 1 unspecified atom stereocenters. The summed E-state index contributed by atoms with van der Waals surface area (Å²) in [6.45, 7) is 3.40. The number of pyridine rings is 2. The van der Waals surface area contributed by atoms with Crippen LogP contribution in [0.3, 0.4) is 0 Å². The average molecular weight is 401 g/mol. The highest BCUT2D eigenvalue weighted by Gasteiger charge is 2.31. The van der Waals surface area contributed by atoms with Crippen LogP contribution in [0.25, 0.3) is 22.6 Å². The van der Waals surface area contributed by atoms with Gasteiger partial charge in [0.05, 0.1) is 17.0 Å². The summed E-state index contributed by atoms with van der Waals surface area (Å²) < 4.78 is 0. The molecule has 1 atom stereocenters. The molecule has 2 saturated heterocycles. The molecule has 30 heavy (non-hydrogen) atoms. The van der Waals surface area contributed by atoms with Crippen LogP contribution in [0.5, 0.6) is 0 Å². The Kier molecular flexibility index (Phi) is 4.79. The summed E-state index contributed by atoms with van der Waals surface area (Å²) in [7, 11) is 0. The topological polar surface area (TPSA) is 102 Å². The minimum Gasteiger partial charge on any atom is -0.356 e. The van der Waals surface area contributed by atoms with E-state index in [0.717, 1.165) is 62.2 Å². The van der Waals surface area contributed by atoms with Gasteiger partial charge in [-0.25, -0.2) is 9.97 Å². The number of carbonyl (C=O) groups is 1. The number of imidazole rings is 1. The Hall–Kier alpha value is -3.47. The predicted octanol–water partition coefficient (Wildman–Crippen LogP) is 2.73. The highest BCUT2D eigenvalue weighted by atomic mass is 16.2. The summed E-state index contributed by atoms with van der Waals surface area (Å²) in [5.74, 6) is 1.83. The third-order valence-electron chi connectivity index (χ3n) is 5.98. The molecule has 0 spiro atoms. The fraction of sp³-hybridized carbons (Fsp3) is 0.409. The van der Waals surface area contributed by atoms with Crippen LogP contribution in [0.2, 0.25) is 0 Å². The monoisotopic (exact) mass is 401 g/mol. The first-order valence-electron chi connectivity index (χ1n) is 10.5. The third-order valence-corrected chi connectivity index (χ3v) is 5.98. The van der Waals surface area contributed by atoms with Crippen LogP contribution in [-0.2, 0) is 4.79 Å². The zero-order chi connectivity index (χ0) is 20.5. The zero-order valence-corrected chi connectivity index (χ0v) is 16.7. The van der Waals surface area contributed by atoms with Gasteiger partial charge in [0, 0.05) is 44.1 Å². The molecule has 2 aliphatic rings. The molecule has 8 nitrogen and oxygen atoms in total. The number of rotatable bonds is 3. The second kappa shape index (κ2) is 7.75. The van der Waals surface area contributed by atoms with E-state index in [4.69, 9.17) is 10.2 Å². The lowest BCUT2D eigenvalue weighted by atomic mass is 9.96. The fourth-order valence-corrected chi connectivity index (χ4v) is 4.41. The van der Waals surface area contributed by atoms with Crippen molar-refractivity contribution >= 4 is 22.9 Å². The summed E-state index contributed by atoms with van der Waals surface area (Å²) in [5.41, 5.74) is 2.70. The highest BCUT2D eigenvalue weighted by Crippen LogP contribution is 2.27. The zero-order valence-electron chi connectivity index (χ0n) is 16.7. The molecule has 3 aromatic heterocycles. The van der Waals surface area contributed by atoms with Crippen molar-refractivity contribution in [2.45, 2.75) is 25.7 Å². The lowest BCUT2D eigenvalue weighted by molar-refractivity contribution is -0.134. The van der Waals surface area contributed by atoms with Crippen molar-refractivity contribution < 1.29 is 4.79 Å². The maximum atomic E-state index is 12.8. The van der Waals surface area contributed by atoms with Gasteiger partial charge in [-0.05, 0) is 43.9 Å². The number of anilines is 1. The SMILES string of the molecule is N#Cc1cncc(-c2nc3nc(N4CCCC(C(=O)N5CCCC5)C4)ccc3[nH]2)c1. The molecule has 5 rings (SSSR count). The van der Waals surface area contributed by atoms with Crippen LogP contribution < -0.4 is 4.90 Å². The predicted molar refractivity (Wildman–Crippen MR) is 113 cm³/mol. The molecule has 8 heteroatoms. The largest absolute Gasteiger partial charge is 0.356 e. The first kappa shape index (κ1) is 18.6. The van der Waals surface area contributed by atoms with Crippen molar-refractivity contribution in [3.63, 3.8) is 0 Å². The van der Waals surface area contributed by atoms with E-state index >= 15 is 0 Å². The summed E-state index contributed by atoms with van der Waals surface area (Å²) in [5, 5.41) is 9.09. The number of fused-ring (bicyclic) bond motifs is 1. The molecule has 0 aromatic carbocycles. The van der Waals surface area contributed by atoms with Gasteiger partial charge < -0.3 is 14.8 Å². The van der Waals surface area contributed by atoms with Gasteiger partial charge in [-0.1, -0.05) is 0 Å². The van der Waals surface area contributed by atoms with E-state index in [-0.39, 0.29) is 5.92 Å². The molecule has 3 aromatic rings. The van der Waals surface area contributed by atoms with Gasteiger partial charge in [0.15, 0.2) is 5.65 Å². The quantitative estimate of drug-likeness (QED) is 0.724. The molecular weight excluding hydrogens is 378 g/mol. The molecule has 0 bridgehead atoms. The van der Waals surface area contributed by atoms with E-state index in [0.29, 0.717) is 29.5 Å². The fourth-order valence-electron chi connectivity index (χ4n) is 4.41. The van der Waals surface area contributed by atoms with Crippen molar-refractivity contribution in [1.29, 1.82) is 5.26 Å². The number of carbonyl (C=O) groups excluding carboxylic acids is 1. The van der Waals surface area contributed by atoms with Crippen LogP contribution in [0, 0.1) is 17.2 Å². The van der Waals surface area contributed by atoms with Gasteiger partial charge in [0.2, 0.25) is 5.91 Å². The minimum atomic E-state index is 0.0453. The number of aromatic nitrogens is 4. The van der Waals surface area contributed by atoms with Crippen molar-refractivity contribution in [3.8, 4) is 17.5 Å². The van der Waals surface area contributed by atoms with Gasteiger partial charge >= 0.3 is 0 Å². The maximum Gasteiger partial charge on any atom is 0.227 e. The number of nitriles is 1. The first-order valence-corrected chi connectivity index (χ1v) is 10.5. The molecule has 2 aliphatic heterocycles. The average Bonchev–Trinajstić information content (AvgIpc) is 3.48. The van der Waals surface area contributed by atoms with Gasteiger partial charge in [0.1, 0.15) is 17.7 Å². The summed E-state index contributed by atoms with van der Waals surface area (Å²) in [4.78, 5) is 33.8. The molecule has 5 heterocycles. The second-order valence-corrected chi connectivity index (χ2v) is 8.02. The number of nitrogens with one attached hydrogen (secondary N) is 1. The normalized spacial score (nSPS) is 19.2. The van der Waals surface area contributed by atoms with Gasteiger partial charge in [-0.15, -0.1) is 0 Å². The number of hydrogen-bond acceptors (Lipinski definition) is 6. The van der Waals surface area contributed by atoms with Crippen LogP contribution in [-0.4, -0.2) is 56.9 Å². The molecule has 0 aliphatic carbocycles. The molecule has 152 valence electrons. The van der Waals surface area contributed by atoms with E-state index in [1.54, 1.807) is 12.3 Å². The number of nitrogens with zero attached hydrogens (tertiary/aromatic N) is 6. The summed E-state index contributed by atoms with van der Waals surface area (Å²) >= 11 is 0. The second-order valence-electron chi connectivity index (χ2n) is 8.02. The first-order chi connectivity index (χ1) is 14.7. The van der Waals surface area contributed by atoms with Crippen molar-refractivity contribution in [3.05, 3.63) is 36.2 Å². The number of hydrogen-bond donors (Lipinski definition) is 1. The van der Waals surface area contributed by atoms with Crippen molar-refractivity contribution in [2.24, 2.45) is 5.92 Å². The van der Waals surface area contributed by atoms with E-state index in [2.05, 4.69) is 25.9 Å². The Labute approximate surface area is 174 Å². The summed E-state index contributed by atoms with van der Waals surface area (Å²) in [6, 6.07) is 7.81. The number of piperidine rings is 1. The van der Waals surface area contributed by atoms with Crippen LogP contribution >= 0.6 is 0 Å². The summed E-state index contributed by atoms with van der Waals surface area (Å²) in [6.07, 6.45) is 7.38.